The van der Waals surface area contributed by atoms with Gasteiger partial charge in [0.25, 0.3) is 0 Å². The van der Waals surface area contributed by atoms with Gasteiger partial charge in [0, 0.05) is 12.1 Å². The summed E-state index contributed by atoms with van der Waals surface area (Å²) in [6.45, 7) is 2.06. The standard InChI is InChI=1S/C11H15NO/c1-9(6-7-13)8-10-4-2-3-5-11(10)12/h2-5,7,9H,6,8,12H2,1H3/t9-/m1/s1. The highest BCUT2D eigenvalue weighted by Gasteiger charge is 2.04. The third kappa shape index (κ3) is 2.90. The fourth-order valence-corrected chi connectivity index (χ4v) is 1.34. The molecule has 0 saturated heterocycles. The van der Waals surface area contributed by atoms with Gasteiger partial charge in [-0.3, -0.25) is 0 Å². The van der Waals surface area contributed by atoms with Gasteiger partial charge in [-0.15, -0.1) is 0 Å². The number of nitrogens with two attached hydrogens (primary N) is 1. The van der Waals surface area contributed by atoms with Gasteiger partial charge in [0.1, 0.15) is 6.29 Å². The summed E-state index contributed by atoms with van der Waals surface area (Å²) in [6, 6.07) is 7.79. The molecule has 1 aromatic carbocycles. The Morgan fingerprint density at radius 1 is 1.46 bits per heavy atom. The highest BCUT2D eigenvalue weighted by molar-refractivity contribution is 5.51. The Morgan fingerprint density at radius 2 is 2.15 bits per heavy atom. The van der Waals surface area contributed by atoms with Crippen LogP contribution in [0.4, 0.5) is 5.69 Å². The summed E-state index contributed by atoms with van der Waals surface area (Å²) in [6.07, 6.45) is 2.45. The van der Waals surface area contributed by atoms with E-state index in [2.05, 4.69) is 6.92 Å². The molecule has 0 amide bonds. The fraction of sp³-hybridized carbons (Fsp3) is 0.364. The van der Waals surface area contributed by atoms with E-state index < -0.39 is 0 Å². The smallest absolute Gasteiger partial charge is 0.120 e. The van der Waals surface area contributed by atoms with E-state index in [-0.39, 0.29) is 0 Å². The monoisotopic (exact) mass is 177 g/mol. The van der Waals surface area contributed by atoms with E-state index in [4.69, 9.17) is 5.73 Å². The van der Waals surface area contributed by atoms with Crippen LogP contribution in [-0.2, 0) is 11.2 Å². The van der Waals surface area contributed by atoms with Gasteiger partial charge in [0.2, 0.25) is 0 Å². The van der Waals surface area contributed by atoms with Gasteiger partial charge in [-0.2, -0.15) is 0 Å². The van der Waals surface area contributed by atoms with E-state index in [9.17, 15) is 4.79 Å². The highest BCUT2D eigenvalue weighted by atomic mass is 16.1. The number of nitrogen functional groups attached to an aromatic ring is 1. The molecule has 13 heavy (non-hydrogen) atoms. The maximum absolute atomic E-state index is 10.3. The number of para-hydroxylation sites is 1. The van der Waals surface area contributed by atoms with Crippen LogP contribution in [0.2, 0.25) is 0 Å². The van der Waals surface area contributed by atoms with Crippen LogP contribution in [0.1, 0.15) is 18.9 Å². The average molecular weight is 177 g/mol. The number of aldehydes is 1. The topological polar surface area (TPSA) is 43.1 Å². The van der Waals surface area contributed by atoms with Gasteiger partial charge in [-0.1, -0.05) is 25.1 Å². The van der Waals surface area contributed by atoms with Gasteiger partial charge < -0.3 is 10.5 Å². The van der Waals surface area contributed by atoms with Crippen molar-refractivity contribution in [1.82, 2.24) is 0 Å². The van der Waals surface area contributed by atoms with Crippen molar-refractivity contribution in [3.63, 3.8) is 0 Å². The number of hydrogen-bond donors (Lipinski definition) is 1. The third-order valence-corrected chi connectivity index (χ3v) is 2.12. The molecule has 2 heteroatoms. The van der Waals surface area contributed by atoms with Crippen LogP contribution < -0.4 is 5.73 Å². The first-order chi connectivity index (χ1) is 6.24. The van der Waals surface area contributed by atoms with Crippen molar-refractivity contribution >= 4 is 12.0 Å². The van der Waals surface area contributed by atoms with E-state index >= 15 is 0 Å². The molecule has 0 aromatic heterocycles. The van der Waals surface area contributed by atoms with Crippen LogP contribution in [0, 0.1) is 5.92 Å². The largest absolute Gasteiger partial charge is 0.399 e. The lowest BCUT2D eigenvalue weighted by Crippen LogP contribution is -2.03. The molecule has 1 atom stereocenters. The van der Waals surface area contributed by atoms with Crippen molar-refractivity contribution in [2.24, 2.45) is 5.92 Å². The zero-order chi connectivity index (χ0) is 9.68. The van der Waals surface area contributed by atoms with Gasteiger partial charge in [-0.05, 0) is 24.0 Å². The minimum absolute atomic E-state index is 0.377. The molecule has 70 valence electrons. The Morgan fingerprint density at radius 3 is 2.77 bits per heavy atom. The van der Waals surface area contributed by atoms with Crippen LogP contribution in [0.25, 0.3) is 0 Å². The Kier molecular flexibility index (Phi) is 3.50. The molecular formula is C11H15NO. The Balaban J connectivity index is 2.63. The van der Waals surface area contributed by atoms with Gasteiger partial charge >= 0.3 is 0 Å². The lowest BCUT2D eigenvalue weighted by Gasteiger charge is -2.09. The molecule has 1 aromatic rings. The number of benzene rings is 1. The Labute approximate surface area is 78.8 Å². The molecule has 0 fully saturated rings. The van der Waals surface area contributed by atoms with E-state index in [1.807, 2.05) is 24.3 Å². The van der Waals surface area contributed by atoms with Crippen molar-refractivity contribution in [2.75, 3.05) is 5.73 Å². The molecular weight excluding hydrogens is 162 g/mol. The first-order valence-electron chi connectivity index (χ1n) is 4.51. The van der Waals surface area contributed by atoms with Gasteiger partial charge in [0.15, 0.2) is 0 Å². The zero-order valence-electron chi connectivity index (χ0n) is 7.86. The predicted octanol–water partition coefficient (Wildman–Crippen LogP) is 2.04. The molecule has 2 N–H and O–H groups in total. The molecule has 0 aliphatic heterocycles. The van der Waals surface area contributed by atoms with Crippen molar-refractivity contribution in [3.05, 3.63) is 29.8 Å². The lowest BCUT2D eigenvalue weighted by atomic mass is 9.98. The molecule has 0 aliphatic rings. The quantitative estimate of drug-likeness (QED) is 0.565. The normalized spacial score (nSPS) is 12.4. The average Bonchev–Trinajstić information content (AvgIpc) is 2.09. The molecule has 0 spiro atoms. The molecule has 0 aliphatic carbocycles. The summed E-state index contributed by atoms with van der Waals surface area (Å²) in [7, 11) is 0. The zero-order valence-corrected chi connectivity index (χ0v) is 7.86. The molecule has 0 heterocycles. The number of carbonyl (C=O) groups is 1. The molecule has 0 radical (unpaired) electrons. The second-order valence-corrected chi connectivity index (χ2v) is 3.41. The van der Waals surface area contributed by atoms with Crippen LogP contribution in [0.15, 0.2) is 24.3 Å². The second-order valence-electron chi connectivity index (χ2n) is 3.41. The van der Waals surface area contributed by atoms with E-state index in [0.29, 0.717) is 12.3 Å². The minimum Gasteiger partial charge on any atom is -0.399 e. The Hall–Kier alpha value is -1.31. The van der Waals surface area contributed by atoms with Crippen molar-refractivity contribution in [1.29, 1.82) is 0 Å². The first kappa shape index (κ1) is 9.78. The van der Waals surface area contributed by atoms with Crippen molar-refractivity contribution < 1.29 is 4.79 Å². The van der Waals surface area contributed by atoms with E-state index in [0.717, 1.165) is 24.0 Å². The number of carbonyl (C=O) groups excluding carboxylic acids is 1. The molecule has 0 unspecified atom stereocenters. The summed E-state index contributed by atoms with van der Waals surface area (Å²) in [5.74, 6) is 0.377. The maximum Gasteiger partial charge on any atom is 0.120 e. The second kappa shape index (κ2) is 4.65. The van der Waals surface area contributed by atoms with Crippen LogP contribution in [0.3, 0.4) is 0 Å². The molecule has 0 bridgehead atoms. The Bertz CT molecular complexity index is 283. The van der Waals surface area contributed by atoms with Crippen LogP contribution >= 0.6 is 0 Å². The minimum atomic E-state index is 0.377. The summed E-state index contributed by atoms with van der Waals surface area (Å²) >= 11 is 0. The van der Waals surface area contributed by atoms with Gasteiger partial charge in [0.05, 0.1) is 0 Å². The first-order valence-corrected chi connectivity index (χ1v) is 4.51. The third-order valence-electron chi connectivity index (χ3n) is 2.12. The number of anilines is 1. The summed E-state index contributed by atoms with van der Waals surface area (Å²) < 4.78 is 0. The summed E-state index contributed by atoms with van der Waals surface area (Å²) in [5, 5.41) is 0. The summed E-state index contributed by atoms with van der Waals surface area (Å²) in [4.78, 5) is 10.3. The van der Waals surface area contributed by atoms with Crippen molar-refractivity contribution in [3.8, 4) is 0 Å². The van der Waals surface area contributed by atoms with Gasteiger partial charge in [-0.25, -0.2) is 0 Å². The highest BCUT2D eigenvalue weighted by Crippen LogP contribution is 2.16. The SMILES string of the molecule is C[C@H](CC=O)Cc1ccccc1N. The molecule has 2 nitrogen and oxygen atoms in total. The summed E-state index contributed by atoms with van der Waals surface area (Å²) in [5.41, 5.74) is 7.73. The number of hydrogen-bond acceptors (Lipinski definition) is 2. The molecule has 1 rings (SSSR count). The van der Waals surface area contributed by atoms with Crippen molar-refractivity contribution in [2.45, 2.75) is 19.8 Å². The molecule has 0 saturated carbocycles. The van der Waals surface area contributed by atoms with E-state index in [1.54, 1.807) is 0 Å². The lowest BCUT2D eigenvalue weighted by molar-refractivity contribution is -0.108. The maximum atomic E-state index is 10.3. The number of rotatable bonds is 4. The predicted molar refractivity (Wildman–Crippen MR) is 54.4 cm³/mol. The van der Waals surface area contributed by atoms with Crippen LogP contribution in [0.5, 0.6) is 0 Å². The van der Waals surface area contributed by atoms with E-state index in [1.165, 1.54) is 0 Å². The fourth-order valence-electron chi connectivity index (χ4n) is 1.34. The van der Waals surface area contributed by atoms with Crippen LogP contribution in [-0.4, -0.2) is 6.29 Å².